The first-order valence-corrected chi connectivity index (χ1v) is 14.7. The average molecular weight is 650 g/mol. The highest BCUT2D eigenvalue weighted by atomic mass is 127. The zero-order valence-corrected chi connectivity index (χ0v) is 25.0. The Hall–Kier alpha value is -2.73. The quantitative estimate of drug-likeness (QED) is 0.137. The molecule has 1 atom stereocenters. The van der Waals surface area contributed by atoms with Gasteiger partial charge in [0.25, 0.3) is 0 Å². The summed E-state index contributed by atoms with van der Waals surface area (Å²) in [6, 6.07) is 11.1. The van der Waals surface area contributed by atoms with Crippen LogP contribution in [0.3, 0.4) is 0 Å². The van der Waals surface area contributed by atoms with Crippen LogP contribution < -0.4 is 10.2 Å². The summed E-state index contributed by atoms with van der Waals surface area (Å²) < 4.78 is 18.8. The minimum Gasteiger partial charge on any atom is -0.466 e. The largest absolute Gasteiger partial charge is 0.466 e. The van der Waals surface area contributed by atoms with Crippen LogP contribution in [0.1, 0.15) is 46.1 Å². The van der Waals surface area contributed by atoms with E-state index >= 15 is 0 Å². The molecule has 0 aliphatic carbocycles. The van der Waals surface area contributed by atoms with E-state index in [9.17, 15) is 14.0 Å². The molecule has 1 unspecified atom stereocenters. The maximum Gasteiger partial charge on any atom is 0.311 e. The average Bonchev–Trinajstić information content (AvgIpc) is 2.90. The van der Waals surface area contributed by atoms with Crippen LogP contribution in [0.2, 0.25) is 0 Å². The number of halogens is 2. The first-order valence-electron chi connectivity index (χ1n) is 13.5. The third-order valence-electron chi connectivity index (χ3n) is 7.05. The molecule has 0 saturated carbocycles. The van der Waals surface area contributed by atoms with Crippen molar-refractivity contribution in [3.8, 4) is 0 Å². The SMILES string of the molecule is CCOC(=O)CC1=NN(CC(=O)NCCCN2CCN(c3ccc(C)cc3C)CC2)C(I)c2cc(F)ccc21. The number of piperazine rings is 1. The van der Waals surface area contributed by atoms with Gasteiger partial charge in [0.05, 0.1) is 18.7 Å². The molecular weight excluding hydrogens is 612 g/mol. The van der Waals surface area contributed by atoms with Crippen LogP contribution in [0.5, 0.6) is 0 Å². The van der Waals surface area contributed by atoms with Crippen LogP contribution in [0.25, 0.3) is 0 Å². The van der Waals surface area contributed by atoms with Crippen molar-refractivity contribution in [2.75, 3.05) is 57.3 Å². The topological polar surface area (TPSA) is 77.5 Å². The third kappa shape index (κ3) is 7.69. The Morgan fingerprint density at radius 1 is 1.13 bits per heavy atom. The van der Waals surface area contributed by atoms with Gasteiger partial charge in [-0.05, 0) is 69.1 Å². The van der Waals surface area contributed by atoms with Crippen LogP contribution >= 0.6 is 22.6 Å². The number of nitrogens with one attached hydrogen (secondary N) is 1. The number of benzene rings is 2. The van der Waals surface area contributed by atoms with E-state index in [2.05, 4.69) is 74.9 Å². The highest BCUT2D eigenvalue weighted by molar-refractivity contribution is 14.1. The number of carbonyl (C=O) groups excluding carboxylic acids is 2. The molecule has 2 aliphatic heterocycles. The van der Waals surface area contributed by atoms with Gasteiger partial charge in [0.1, 0.15) is 16.4 Å². The van der Waals surface area contributed by atoms with Gasteiger partial charge in [-0.1, -0.05) is 40.3 Å². The Kier molecular flexibility index (Phi) is 10.2. The van der Waals surface area contributed by atoms with Crippen LogP contribution in [0.15, 0.2) is 41.5 Å². The molecule has 0 bridgehead atoms. The summed E-state index contributed by atoms with van der Waals surface area (Å²) >= 11 is 2.15. The summed E-state index contributed by atoms with van der Waals surface area (Å²) in [5, 5.41) is 9.19. The van der Waals surface area contributed by atoms with Crippen molar-refractivity contribution in [1.29, 1.82) is 0 Å². The minimum absolute atomic E-state index is 0.0183. The maximum atomic E-state index is 14.0. The normalized spacial score (nSPS) is 17.5. The molecule has 0 radical (unpaired) electrons. The predicted molar refractivity (Wildman–Crippen MR) is 160 cm³/mol. The molecule has 39 heavy (non-hydrogen) atoms. The fraction of sp³-hybridized carbons (Fsp3) is 0.483. The monoisotopic (exact) mass is 649 g/mol. The summed E-state index contributed by atoms with van der Waals surface area (Å²) in [6.07, 6.45) is 0.819. The van der Waals surface area contributed by atoms with E-state index in [4.69, 9.17) is 4.74 Å². The number of nitrogens with zero attached hydrogens (tertiary/aromatic N) is 4. The number of ether oxygens (including phenoxy) is 1. The lowest BCUT2D eigenvalue weighted by atomic mass is 9.99. The highest BCUT2D eigenvalue weighted by Gasteiger charge is 2.30. The zero-order chi connectivity index (χ0) is 27.9. The van der Waals surface area contributed by atoms with Crippen LogP contribution in [-0.4, -0.2) is 79.9 Å². The summed E-state index contributed by atoms with van der Waals surface area (Å²) in [7, 11) is 0. The lowest BCUT2D eigenvalue weighted by molar-refractivity contribution is -0.141. The van der Waals surface area contributed by atoms with Gasteiger partial charge in [0.15, 0.2) is 0 Å². The molecule has 2 heterocycles. The van der Waals surface area contributed by atoms with Crippen molar-refractivity contribution in [1.82, 2.24) is 15.2 Å². The Bertz CT molecular complexity index is 1220. The highest BCUT2D eigenvalue weighted by Crippen LogP contribution is 2.36. The summed E-state index contributed by atoms with van der Waals surface area (Å²) in [5.74, 6) is -0.930. The number of rotatable bonds is 10. The van der Waals surface area contributed by atoms with Gasteiger partial charge in [-0.25, -0.2) is 4.39 Å². The molecule has 0 spiro atoms. The van der Waals surface area contributed by atoms with E-state index in [1.165, 1.54) is 28.9 Å². The van der Waals surface area contributed by atoms with Crippen molar-refractivity contribution in [3.05, 3.63) is 64.5 Å². The fourth-order valence-corrected chi connectivity index (χ4v) is 5.95. The number of anilines is 1. The first kappa shape index (κ1) is 29.3. The second-order valence-corrected chi connectivity index (χ2v) is 11.2. The van der Waals surface area contributed by atoms with Crippen molar-refractivity contribution < 1.29 is 18.7 Å². The van der Waals surface area contributed by atoms with Gasteiger partial charge in [0.2, 0.25) is 5.91 Å². The van der Waals surface area contributed by atoms with Gasteiger partial charge in [-0.3, -0.25) is 19.5 Å². The Labute approximate surface area is 243 Å². The Morgan fingerprint density at radius 3 is 2.62 bits per heavy atom. The molecule has 1 saturated heterocycles. The number of hydrogen-bond donors (Lipinski definition) is 1. The molecule has 4 rings (SSSR count). The number of carbonyl (C=O) groups is 2. The van der Waals surface area contributed by atoms with E-state index in [1.807, 2.05) is 0 Å². The second-order valence-electron chi connectivity index (χ2n) is 10.0. The Morgan fingerprint density at radius 2 is 1.90 bits per heavy atom. The van der Waals surface area contributed by atoms with Crippen molar-refractivity contribution in [3.63, 3.8) is 0 Å². The molecule has 2 aromatic carbocycles. The van der Waals surface area contributed by atoms with Crippen molar-refractivity contribution in [2.45, 2.75) is 37.7 Å². The lowest BCUT2D eigenvalue weighted by Crippen LogP contribution is -2.47. The molecule has 8 nitrogen and oxygen atoms in total. The summed E-state index contributed by atoms with van der Waals surface area (Å²) in [5.41, 5.74) is 5.80. The fourth-order valence-electron chi connectivity index (χ4n) is 5.11. The first-order chi connectivity index (χ1) is 18.7. The van der Waals surface area contributed by atoms with E-state index in [1.54, 1.807) is 18.0 Å². The molecule has 0 aromatic heterocycles. The maximum absolute atomic E-state index is 14.0. The number of esters is 1. The summed E-state index contributed by atoms with van der Waals surface area (Å²) in [6.45, 7) is 11.8. The molecule has 1 fully saturated rings. The van der Waals surface area contributed by atoms with Gasteiger partial charge in [-0.15, -0.1) is 0 Å². The van der Waals surface area contributed by atoms with E-state index in [0.29, 0.717) is 23.4 Å². The zero-order valence-electron chi connectivity index (χ0n) is 22.9. The van der Waals surface area contributed by atoms with Gasteiger partial charge in [0, 0.05) is 44.0 Å². The van der Waals surface area contributed by atoms with Crippen LogP contribution in [-0.2, 0) is 14.3 Å². The Balaban J connectivity index is 1.24. The van der Waals surface area contributed by atoms with E-state index < -0.39 is 5.97 Å². The number of fused-ring (bicyclic) bond motifs is 1. The summed E-state index contributed by atoms with van der Waals surface area (Å²) in [4.78, 5) is 29.8. The number of aryl methyl sites for hydroxylation is 2. The smallest absolute Gasteiger partial charge is 0.311 e. The van der Waals surface area contributed by atoms with Crippen molar-refractivity contribution >= 4 is 45.9 Å². The molecular formula is C29H37FIN5O3. The lowest BCUT2D eigenvalue weighted by Gasteiger charge is -2.37. The van der Waals surface area contributed by atoms with Crippen LogP contribution in [0, 0.1) is 19.7 Å². The van der Waals surface area contributed by atoms with Gasteiger partial charge in [-0.2, -0.15) is 5.10 Å². The standard InChI is InChI=1S/C29H37FIN5O3/c1-4-39-28(38)18-25-23-8-7-22(30)17-24(23)29(31)36(33-25)19-27(37)32-10-5-11-34-12-14-35(15-13-34)26-9-6-20(2)16-21(26)3/h6-9,16-17,29H,4-5,10-15,18-19H2,1-3H3,(H,32,37). The van der Waals surface area contributed by atoms with Crippen LogP contribution in [0.4, 0.5) is 10.1 Å². The number of hydrogen-bond acceptors (Lipinski definition) is 7. The number of alkyl halides is 1. The number of hydrazone groups is 1. The van der Waals surface area contributed by atoms with E-state index in [-0.39, 0.29) is 35.3 Å². The third-order valence-corrected chi connectivity index (χ3v) is 8.37. The van der Waals surface area contributed by atoms with Crippen molar-refractivity contribution in [2.24, 2.45) is 5.10 Å². The molecule has 10 heteroatoms. The minimum atomic E-state index is -0.405. The molecule has 210 valence electrons. The number of amides is 1. The molecule has 1 N–H and O–H groups in total. The molecule has 1 amide bonds. The van der Waals surface area contributed by atoms with Gasteiger partial charge < -0.3 is 15.0 Å². The second kappa shape index (κ2) is 13.6. The molecule has 2 aliphatic rings. The van der Waals surface area contributed by atoms with Gasteiger partial charge >= 0.3 is 5.97 Å². The van der Waals surface area contributed by atoms with E-state index in [0.717, 1.165) is 39.1 Å². The predicted octanol–water partition coefficient (Wildman–Crippen LogP) is 4.18. The molecule has 2 aromatic rings.